The molecular formula is C28H32N8O7S3. The summed E-state index contributed by atoms with van der Waals surface area (Å²) in [6.07, 6.45) is 1.72. The van der Waals surface area contributed by atoms with Crippen molar-refractivity contribution in [3.05, 3.63) is 70.2 Å². The monoisotopic (exact) mass is 688 g/mol. The molecule has 0 bridgehead atoms. The van der Waals surface area contributed by atoms with Gasteiger partial charge in [0.2, 0.25) is 5.43 Å². The molecule has 15 nitrogen and oxygen atoms in total. The molecule has 0 saturated carbocycles. The molecule has 0 fully saturated rings. The van der Waals surface area contributed by atoms with Crippen LogP contribution in [0.1, 0.15) is 25.3 Å². The molecule has 0 aliphatic rings. The lowest BCUT2D eigenvalue weighted by atomic mass is 10.2. The van der Waals surface area contributed by atoms with Crippen molar-refractivity contribution in [2.75, 3.05) is 42.7 Å². The van der Waals surface area contributed by atoms with E-state index in [2.05, 4.69) is 42.7 Å². The number of azo groups is 2. The lowest BCUT2D eigenvalue weighted by Gasteiger charge is -2.14. The van der Waals surface area contributed by atoms with Gasteiger partial charge in [0, 0.05) is 35.9 Å². The molecule has 244 valence electrons. The lowest BCUT2D eigenvalue weighted by Crippen LogP contribution is -2.19. The van der Waals surface area contributed by atoms with Gasteiger partial charge in [-0.05, 0) is 54.3 Å². The van der Waals surface area contributed by atoms with Gasteiger partial charge in [-0.3, -0.25) is 13.6 Å². The van der Waals surface area contributed by atoms with Crippen molar-refractivity contribution in [2.45, 2.75) is 29.6 Å². The van der Waals surface area contributed by atoms with Crippen molar-refractivity contribution >= 4 is 67.3 Å². The summed E-state index contributed by atoms with van der Waals surface area (Å²) >= 11 is 0.368. The molecular weight excluding hydrogens is 657 g/mol. The standard InChI is InChI=1S/C28H32N8O7S3/c1-3-5-12-30-27-22(18-29)26(37)25(28(32-27)31-13-14-43-15-16-45(39)4-2)36-35-23-11-8-20(17-24(23)44-38)34-33-19-6-9-21(10-7-19)46(40,41)42/h4,6-11,17,38H,2-3,5,12-16H2,1H3,(H,40,41,42)(H3,30,31,32,37). The lowest BCUT2D eigenvalue weighted by molar-refractivity contribution is 0.160. The van der Waals surface area contributed by atoms with Crippen LogP contribution < -0.4 is 16.1 Å². The van der Waals surface area contributed by atoms with Crippen molar-refractivity contribution in [1.82, 2.24) is 4.98 Å². The number of hydrogen-bond donors (Lipinski definition) is 5. The van der Waals surface area contributed by atoms with Gasteiger partial charge < -0.3 is 24.9 Å². The second-order valence-corrected chi connectivity index (χ2v) is 12.8. The number of H-pyrrole nitrogens is 1. The normalized spacial score (nSPS) is 12.3. The van der Waals surface area contributed by atoms with E-state index in [1.165, 1.54) is 47.9 Å². The van der Waals surface area contributed by atoms with Crippen LogP contribution in [0.2, 0.25) is 0 Å². The Bertz CT molecular complexity index is 1810. The highest BCUT2D eigenvalue weighted by Gasteiger charge is 2.18. The number of nitriles is 1. The Morgan fingerprint density at radius 1 is 1.07 bits per heavy atom. The number of nitrogens with one attached hydrogen (secondary N) is 3. The molecule has 3 rings (SSSR count). The molecule has 0 saturated heterocycles. The zero-order chi connectivity index (χ0) is 33.5. The molecule has 18 heteroatoms. The van der Waals surface area contributed by atoms with Gasteiger partial charge in [-0.15, -0.1) is 10.2 Å². The molecule has 1 unspecified atom stereocenters. The molecule has 1 atom stereocenters. The summed E-state index contributed by atoms with van der Waals surface area (Å²) in [5.41, 5.74) is -0.186. The second kappa shape index (κ2) is 18.0. The van der Waals surface area contributed by atoms with Gasteiger partial charge in [-0.25, -0.2) is 0 Å². The molecule has 5 N–H and O–H groups in total. The van der Waals surface area contributed by atoms with Gasteiger partial charge in [0.25, 0.3) is 10.1 Å². The fourth-order valence-electron chi connectivity index (χ4n) is 3.64. The summed E-state index contributed by atoms with van der Waals surface area (Å²) in [4.78, 5) is 16.3. The Morgan fingerprint density at radius 3 is 2.41 bits per heavy atom. The first-order chi connectivity index (χ1) is 22.1. The van der Waals surface area contributed by atoms with Gasteiger partial charge in [-0.1, -0.05) is 19.9 Å². The molecule has 0 aliphatic carbocycles. The van der Waals surface area contributed by atoms with Crippen molar-refractivity contribution in [3.8, 4) is 6.07 Å². The van der Waals surface area contributed by atoms with E-state index in [0.29, 0.717) is 35.7 Å². The van der Waals surface area contributed by atoms with Gasteiger partial charge in [0.15, 0.2) is 5.69 Å². The molecule has 1 heterocycles. The quantitative estimate of drug-likeness (QED) is 0.0423. The molecule has 0 radical (unpaired) electrons. The van der Waals surface area contributed by atoms with Crippen LogP contribution in [0, 0.1) is 11.3 Å². The predicted molar refractivity (Wildman–Crippen MR) is 177 cm³/mol. The van der Waals surface area contributed by atoms with Gasteiger partial charge in [-0.2, -0.15) is 23.9 Å². The maximum atomic E-state index is 13.4. The zero-order valence-electron chi connectivity index (χ0n) is 24.7. The molecule has 0 spiro atoms. The smallest absolute Gasteiger partial charge is 0.294 e. The summed E-state index contributed by atoms with van der Waals surface area (Å²) in [6.45, 7) is 6.72. The van der Waals surface area contributed by atoms with Gasteiger partial charge >= 0.3 is 0 Å². The Labute approximate surface area is 272 Å². The number of benzene rings is 2. The number of rotatable bonds is 18. The maximum absolute atomic E-state index is 13.4. The number of ether oxygens (including phenoxy) is 1. The Kier molecular flexibility index (Phi) is 14.2. The Balaban J connectivity index is 1.86. The van der Waals surface area contributed by atoms with E-state index >= 15 is 0 Å². The van der Waals surface area contributed by atoms with Crippen molar-refractivity contribution in [3.63, 3.8) is 0 Å². The number of aromatic amines is 1. The van der Waals surface area contributed by atoms with Crippen LogP contribution in [0.25, 0.3) is 0 Å². The van der Waals surface area contributed by atoms with Crippen molar-refractivity contribution < 1.29 is 26.5 Å². The van der Waals surface area contributed by atoms with Crippen LogP contribution in [0.15, 0.2) is 89.5 Å². The van der Waals surface area contributed by atoms with Gasteiger partial charge in [0.1, 0.15) is 29.0 Å². The summed E-state index contributed by atoms with van der Waals surface area (Å²) in [7, 11) is -5.52. The Morgan fingerprint density at radius 2 is 1.76 bits per heavy atom. The number of unbranched alkanes of at least 4 members (excludes halogenated alkanes) is 1. The first kappa shape index (κ1) is 36.2. The fourth-order valence-corrected chi connectivity index (χ4v) is 4.95. The third kappa shape index (κ3) is 10.7. The first-order valence-corrected chi connectivity index (χ1v) is 17.3. The van der Waals surface area contributed by atoms with Crippen LogP contribution in [0.5, 0.6) is 0 Å². The maximum Gasteiger partial charge on any atom is 0.294 e. The fraction of sp³-hybridized carbons (Fsp3) is 0.286. The summed E-state index contributed by atoms with van der Waals surface area (Å²) in [5, 5.41) is 33.6. The number of nitrogens with zero attached hydrogens (tertiary/aromatic N) is 5. The van der Waals surface area contributed by atoms with Crippen LogP contribution in [-0.2, 0) is 25.7 Å². The predicted octanol–water partition coefficient (Wildman–Crippen LogP) is 6.42. The SMILES string of the molecule is C=CS(=O)CCOCCNc1[nH]c(NCCCC)c(C#N)c(=O)c1N=Nc1ccc(N=Nc2ccc(S(=O)(=O)O)cc2)cc1SO. The average Bonchev–Trinajstić information content (AvgIpc) is 3.05. The number of pyridine rings is 1. The summed E-state index contributed by atoms with van der Waals surface area (Å²) in [5.74, 6) is 0.727. The van der Waals surface area contributed by atoms with Crippen molar-refractivity contribution in [2.24, 2.45) is 20.5 Å². The summed E-state index contributed by atoms with van der Waals surface area (Å²) < 4.78 is 58.4. The molecule has 1 aromatic heterocycles. The van der Waals surface area contributed by atoms with E-state index < -0.39 is 26.3 Å². The van der Waals surface area contributed by atoms with Crippen molar-refractivity contribution in [1.29, 1.82) is 5.26 Å². The minimum atomic E-state index is -4.34. The summed E-state index contributed by atoms with van der Waals surface area (Å²) in [6, 6.07) is 11.5. The molecule has 46 heavy (non-hydrogen) atoms. The Hall–Kier alpha value is -4.25. The number of anilines is 2. The molecule has 0 amide bonds. The van der Waals surface area contributed by atoms with E-state index in [4.69, 9.17) is 9.29 Å². The van der Waals surface area contributed by atoms with Crippen LogP contribution in [-0.4, -0.2) is 58.8 Å². The average molecular weight is 689 g/mol. The molecule has 3 aromatic rings. The third-order valence-electron chi connectivity index (χ3n) is 6.00. The minimum Gasteiger partial charge on any atom is -0.379 e. The third-order valence-corrected chi connectivity index (χ3v) is 8.33. The van der Waals surface area contributed by atoms with E-state index in [1.807, 2.05) is 13.0 Å². The highest BCUT2D eigenvalue weighted by molar-refractivity contribution is 7.94. The van der Waals surface area contributed by atoms with E-state index in [1.54, 1.807) is 0 Å². The van der Waals surface area contributed by atoms with E-state index in [0.717, 1.165) is 12.8 Å². The van der Waals surface area contributed by atoms with Crippen LogP contribution in [0.4, 0.5) is 34.4 Å². The minimum absolute atomic E-state index is 0.170. The topological polar surface area (TPSA) is 231 Å². The largest absolute Gasteiger partial charge is 0.379 e. The molecule has 0 aliphatic heterocycles. The first-order valence-electron chi connectivity index (χ1n) is 13.7. The zero-order valence-corrected chi connectivity index (χ0v) is 27.1. The number of hydrogen-bond acceptors (Lipinski definition) is 14. The van der Waals surface area contributed by atoms with E-state index in [-0.39, 0.29) is 58.1 Å². The highest BCUT2D eigenvalue weighted by atomic mass is 32.2. The number of aromatic nitrogens is 1. The highest BCUT2D eigenvalue weighted by Crippen LogP contribution is 2.34. The van der Waals surface area contributed by atoms with E-state index in [9.17, 15) is 27.2 Å². The van der Waals surface area contributed by atoms with Crippen LogP contribution >= 0.6 is 12.0 Å². The van der Waals surface area contributed by atoms with Gasteiger partial charge in [0.05, 0.1) is 40.1 Å². The van der Waals surface area contributed by atoms with Crippen LogP contribution in [0.3, 0.4) is 0 Å². The second-order valence-electron chi connectivity index (χ2n) is 9.22. The molecule has 2 aromatic carbocycles.